The highest BCUT2D eigenvalue weighted by Gasteiger charge is 2.14. The molecule has 3 aromatic rings. The molecule has 1 aliphatic rings. The van der Waals surface area contributed by atoms with E-state index in [4.69, 9.17) is 9.47 Å². The van der Waals surface area contributed by atoms with Crippen molar-refractivity contribution in [2.45, 2.75) is 6.92 Å². The Labute approximate surface area is 116 Å². The van der Waals surface area contributed by atoms with Gasteiger partial charge in [-0.15, -0.1) is 0 Å². The third kappa shape index (κ3) is 1.77. The first-order chi connectivity index (χ1) is 9.79. The van der Waals surface area contributed by atoms with Gasteiger partial charge in [0.2, 0.25) is 6.79 Å². The molecule has 0 spiro atoms. The number of fused-ring (bicyclic) bond motifs is 2. The molecule has 3 heterocycles. The van der Waals surface area contributed by atoms with E-state index < -0.39 is 0 Å². The first-order valence-corrected chi connectivity index (χ1v) is 6.44. The summed E-state index contributed by atoms with van der Waals surface area (Å²) < 4.78 is 10.7. The van der Waals surface area contributed by atoms with Gasteiger partial charge in [-0.05, 0) is 49.4 Å². The third-order valence-corrected chi connectivity index (χ3v) is 3.36. The molecule has 98 valence electrons. The normalized spacial score (nSPS) is 12.8. The zero-order valence-electron chi connectivity index (χ0n) is 11.0. The minimum atomic E-state index is 0.282. The second-order valence-corrected chi connectivity index (χ2v) is 4.76. The Hall–Kier alpha value is -2.62. The van der Waals surface area contributed by atoms with E-state index in [0.29, 0.717) is 0 Å². The van der Waals surface area contributed by atoms with Gasteiger partial charge >= 0.3 is 0 Å². The molecule has 0 atom stereocenters. The maximum absolute atomic E-state index is 5.40. The fraction of sp³-hybridized carbons (Fsp3) is 0.125. The predicted molar refractivity (Wildman–Crippen MR) is 75.8 cm³/mol. The fourth-order valence-electron chi connectivity index (χ4n) is 2.31. The molecule has 0 radical (unpaired) electrons. The fourth-order valence-corrected chi connectivity index (χ4v) is 2.31. The number of aryl methyl sites for hydroxylation is 1. The number of ether oxygens (including phenoxy) is 2. The van der Waals surface area contributed by atoms with Gasteiger partial charge < -0.3 is 9.47 Å². The Morgan fingerprint density at radius 3 is 2.70 bits per heavy atom. The van der Waals surface area contributed by atoms with Crippen LogP contribution in [0.4, 0.5) is 0 Å². The van der Waals surface area contributed by atoms with E-state index in [1.807, 2.05) is 49.4 Å². The summed E-state index contributed by atoms with van der Waals surface area (Å²) in [5, 5.41) is 1.04. The highest BCUT2D eigenvalue weighted by Crippen LogP contribution is 2.35. The Bertz CT molecular complexity index is 815. The van der Waals surface area contributed by atoms with E-state index in [-0.39, 0.29) is 6.79 Å². The second kappa shape index (κ2) is 4.20. The van der Waals surface area contributed by atoms with Crippen molar-refractivity contribution in [2.75, 3.05) is 6.79 Å². The summed E-state index contributed by atoms with van der Waals surface area (Å²) in [4.78, 5) is 9.09. The van der Waals surface area contributed by atoms with Crippen LogP contribution in [0.15, 0.2) is 42.5 Å². The van der Waals surface area contributed by atoms with Crippen LogP contribution in [0.2, 0.25) is 0 Å². The lowest BCUT2D eigenvalue weighted by atomic mass is 10.1. The summed E-state index contributed by atoms with van der Waals surface area (Å²) in [5.74, 6) is 1.55. The van der Waals surface area contributed by atoms with Gasteiger partial charge in [-0.25, -0.2) is 9.97 Å². The zero-order valence-corrected chi connectivity index (χ0v) is 11.0. The third-order valence-electron chi connectivity index (χ3n) is 3.36. The highest BCUT2D eigenvalue weighted by molar-refractivity contribution is 5.78. The van der Waals surface area contributed by atoms with Gasteiger partial charge in [-0.2, -0.15) is 0 Å². The van der Waals surface area contributed by atoms with Crippen molar-refractivity contribution in [3.63, 3.8) is 0 Å². The molecule has 0 unspecified atom stereocenters. The number of hydrogen-bond donors (Lipinski definition) is 0. The number of nitrogens with zero attached hydrogens (tertiary/aromatic N) is 2. The van der Waals surface area contributed by atoms with E-state index in [1.54, 1.807) is 0 Å². The van der Waals surface area contributed by atoms with Gasteiger partial charge in [-0.3, -0.25) is 0 Å². The largest absolute Gasteiger partial charge is 0.454 e. The van der Waals surface area contributed by atoms with E-state index in [9.17, 15) is 0 Å². The summed E-state index contributed by atoms with van der Waals surface area (Å²) in [6.07, 6.45) is 0. The Kier molecular flexibility index (Phi) is 2.36. The lowest BCUT2D eigenvalue weighted by Gasteiger charge is -2.04. The molecule has 1 aliphatic heterocycles. The van der Waals surface area contributed by atoms with Crippen molar-refractivity contribution in [2.24, 2.45) is 0 Å². The van der Waals surface area contributed by atoms with Crippen molar-refractivity contribution >= 4 is 11.0 Å². The molecule has 0 N–H and O–H groups in total. The van der Waals surface area contributed by atoms with Crippen molar-refractivity contribution in [1.82, 2.24) is 9.97 Å². The standard InChI is InChI=1S/C16H12N2O2/c1-10-2-3-11-4-6-13(18-16(11)17-10)12-5-7-14-15(8-12)20-9-19-14/h2-8H,9H2,1H3. The molecule has 0 saturated carbocycles. The number of aromatic nitrogens is 2. The second-order valence-electron chi connectivity index (χ2n) is 4.76. The van der Waals surface area contributed by atoms with Gasteiger partial charge in [0.25, 0.3) is 0 Å². The van der Waals surface area contributed by atoms with E-state index >= 15 is 0 Å². The molecule has 4 rings (SSSR count). The maximum atomic E-state index is 5.40. The van der Waals surface area contributed by atoms with Gasteiger partial charge in [0.05, 0.1) is 5.69 Å². The smallest absolute Gasteiger partial charge is 0.231 e. The van der Waals surface area contributed by atoms with Gasteiger partial charge in [-0.1, -0.05) is 0 Å². The van der Waals surface area contributed by atoms with E-state index in [0.717, 1.165) is 39.5 Å². The van der Waals surface area contributed by atoms with E-state index in [2.05, 4.69) is 9.97 Å². The van der Waals surface area contributed by atoms with Gasteiger partial charge in [0, 0.05) is 16.6 Å². The molecule has 0 bridgehead atoms. The quantitative estimate of drug-likeness (QED) is 0.676. The number of benzene rings is 1. The molecule has 0 saturated heterocycles. The van der Waals surface area contributed by atoms with Crippen molar-refractivity contribution in [3.05, 3.63) is 48.2 Å². The average Bonchev–Trinajstić information content (AvgIpc) is 2.93. The van der Waals surface area contributed by atoms with Crippen LogP contribution < -0.4 is 9.47 Å². The van der Waals surface area contributed by atoms with Crippen molar-refractivity contribution in [1.29, 1.82) is 0 Å². The molecule has 0 amide bonds. The van der Waals surface area contributed by atoms with Crippen LogP contribution in [-0.2, 0) is 0 Å². The van der Waals surface area contributed by atoms with Crippen LogP contribution in [0.25, 0.3) is 22.3 Å². The monoisotopic (exact) mass is 264 g/mol. The topological polar surface area (TPSA) is 44.2 Å². The molecular formula is C16H12N2O2. The predicted octanol–water partition coefficient (Wildman–Crippen LogP) is 3.33. The lowest BCUT2D eigenvalue weighted by Crippen LogP contribution is -1.93. The first kappa shape index (κ1) is 11.2. The summed E-state index contributed by atoms with van der Waals surface area (Å²) in [6, 6.07) is 13.9. The maximum Gasteiger partial charge on any atom is 0.231 e. The molecule has 4 heteroatoms. The number of hydrogen-bond acceptors (Lipinski definition) is 4. The number of rotatable bonds is 1. The van der Waals surface area contributed by atoms with Crippen molar-refractivity contribution < 1.29 is 9.47 Å². The van der Waals surface area contributed by atoms with Crippen LogP contribution in [-0.4, -0.2) is 16.8 Å². The Morgan fingerprint density at radius 2 is 1.75 bits per heavy atom. The summed E-state index contributed by atoms with van der Waals surface area (Å²) in [5.41, 5.74) is 3.61. The van der Waals surface area contributed by atoms with Gasteiger partial charge in [0.15, 0.2) is 17.1 Å². The van der Waals surface area contributed by atoms with E-state index in [1.165, 1.54) is 0 Å². The minimum Gasteiger partial charge on any atom is -0.454 e. The van der Waals surface area contributed by atoms with Crippen LogP contribution in [0, 0.1) is 6.92 Å². The summed E-state index contributed by atoms with van der Waals surface area (Å²) in [7, 11) is 0. The minimum absolute atomic E-state index is 0.282. The Morgan fingerprint density at radius 1 is 0.900 bits per heavy atom. The summed E-state index contributed by atoms with van der Waals surface area (Å²) >= 11 is 0. The van der Waals surface area contributed by atoms with Gasteiger partial charge in [0.1, 0.15) is 0 Å². The zero-order chi connectivity index (χ0) is 13.5. The highest BCUT2D eigenvalue weighted by atomic mass is 16.7. The average molecular weight is 264 g/mol. The van der Waals surface area contributed by atoms with Crippen molar-refractivity contribution in [3.8, 4) is 22.8 Å². The number of pyridine rings is 2. The molecule has 20 heavy (non-hydrogen) atoms. The molecule has 2 aromatic heterocycles. The van der Waals surface area contributed by atoms with Crippen LogP contribution in [0.5, 0.6) is 11.5 Å². The molecule has 1 aromatic carbocycles. The van der Waals surface area contributed by atoms with Crippen LogP contribution >= 0.6 is 0 Å². The Balaban J connectivity index is 1.85. The molecular weight excluding hydrogens is 252 g/mol. The lowest BCUT2D eigenvalue weighted by molar-refractivity contribution is 0.174. The SMILES string of the molecule is Cc1ccc2ccc(-c3ccc4c(c3)OCO4)nc2n1. The molecule has 0 fully saturated rings. The summed E-state index contributed by atoms with van der Waals surface area (Å²) in [6.45, 7) is 2.25. The van der Waals surface area contributed by atoms with Crippen LogP contribution in [0.3, 0.4) is 0 Å². The van der Waals surface area contributed by atoms with Crippen LogP contribution in [0.1, 0.15) is 5.69 Å². The molecule has 0 aliphatic carbocycles. The molecule has 4 nitrogen and oxygen atoms in total. The first-order valence-electron chi connectivity index (χ1n) is 6.44.